The topological polar surface area (TPSA) is 55.8 Å². The van der Waals surface area contributed by atoms with E-state index < -0.39 is 0 Å². The highest BCUT2D eigenvalue weighted by atomic mass is 35.5. The first kappa shape index (κ1) is 17.9. The van der Waals surface area contributed by atoms with Crippen molar-refractivity contribution in [2.75, 3.05) is 7.11 Å². The van der Waals surface area contributed by atoms with Gasteiger partial charge in [-0.3, -0.25) is 4.79 Å². The predicted octanol–water partition coefficient (Wildman–Crippen LogP) is 4.74. The first-order chi connectivity index (χ1) is 11.4. The summed E-state index contributed by atoms with van der Waals surface area (Å²) in [7, 11) is 1.54. The van der Waals surface area contributed by atoms with Crippen LogP contribution in [0.15, 0.2) is 42.5 Å². The van der Waals surface area contributed by atoms with Crippen molar-refractivity contribution >= 4 is 23.5 Å². The molecule has 0 fully saturated rings. The van der Waals surface area contributed by atoms with E-state index in [2.05, 4.69) is 0 Å². The van der Waals surface area contributed by atoms with Crippen molar-refractivity contribution in [3.63, 3.8) is 0 Å². The van der Waals surface area contributed by atoms with Crippen molar-refractivity contribution in [2.45, 2.75) is 20.0 Å². The van der Waals surface area contributed by atoms with Gasteiger partial charge in [0.2, 0.25) is 0 Å². The molecule has 2 rings (SSSR count). The van der Waals surface area contributed by atoms with Gasteiger partial charge in [-0.05, 0) is 61.9 Å². The molecule has 2 aromatic carbocycles. The van der Waals surface area contributed by atoms with Gasteiger partial charge in [-0.25, -0.2) is 0 Å². The number of allylic oxidation sites excluding steroid dienone is 1. The van der Waals surface area contributed by atoms with Gasteiger partial charge in [0.15, 0.2) is 17.3 Å². The zero-order chi connectivity index (χ0) is 17.7. The first-order valence-electron chi connectivity index (χ1n) is 7.46. The molecule has 0 radical (unpaired) electrons. The Labute approximate surface area is 146 Å². The van der Waals surface area contributed by atoms with Gasteiger partial charge in [0.25, 0.3) is 0 Å². The van der Waals surface area contributed by atoms with Gasteiger partial charge in [-0.1, -0.05) is 17.7 Å². The maximum Gasteiger partial charge on any atom is 0.185 e. The summed E-state index contributed by atoms with van der Waals surface area (Å²) >= 11 is 6.26. The lowest BCUT2D eigenvalue weighted by molar-refractivity contribution is 0.104. The molecule has 0 aromatic heterocycles. The summed E-state index contributed by atoms with van der Waals surface area (Å²) in [6.07, 6.45) is 3.07. The van der Waals surface area contributed by atoms with E-state index >= 15 is 0 Å². The molecule has 0 aliphatic rings. The molecule has 0 amide bonds. The van der Waals surface area contributed by atoms with Gasteiger partial charge >= 0.3 is 0 Å². The van der Waals surface area contributed by atoms with E-state index in [1.807, 2.05) is 13.8 Å². The van der Waals surface area contributed by atoms with Crippen molar-refractivity contribution in [1.29, 1.82) is 0 Å². The lowest BCUT2D eigenvalue weighted by Gasteiger charge is -2.15. The molecular formula is C19H19ClO4. The molecule has 0 atom stereocenters. The zero-order valence-electron chi connectivity index (χ0n) is 13.7. The Morgan fingerprint density at radius 3 is 2.46 bits per heavy atom. The van der Waals surface area contributed by atoms with Crippen LogP contribution >= 0.6 is 11.6 Å². The number of carbonyl (C=O) groups is 1. The van der Waals surface area contributed by atoms with Crippen LogP contribution in [0, 0.1) is 0 Å². The Balaban J connectivity index is 2.24. The second kappa shape index (κ2) is 7.88. The summed E-state index contributed by atoms with van der Waals surface area (Å²) in [5.41, 5.74) is 1.21. The van der Waals surface area contributed by atoms with Crippen LogP contribution in [0.4, 0.5) is 0 Å². The van der Waals surface area contributed by atoms with E-state index in [1.54, 1.807) is 30.3 Å². The van der Waals surface area contributed by atoms with Crippen molar-refractivity contribution in [2.24, 2.45) is 0 Å². The van der Waals surface area contributed by atoms with Crippen LogP contribution in [0.3, 0.4) is 0 Å². The van der Waals surface area contributed by atoms with Crippen molar-refractivity contribution in [1.82, 2.24) is 0 Å². The monoisotopic (exact) mass is 346 g/mol. The number of ether oxygens (including phenoxy) is 2. The summed E-state index contributed by atoms with van der Waals surface area (Å²) in [5, 5.41) is 9.67. The quantitative estimate of drug-likeness (QED) is 0.606. The van der Waals surface area contributed by atoms with E-state index in [0.717, 1.165) is 5.56 Å². The van der Waals surface area contributed by atoms with Gasteiger partial charge in [0.05, 0.1) is 18.2 Å². The molecule has 24 heavy (non-hydrogen) atoms. The SMILES string of the molecule is COc1cc(C=CC(=O)c2ccc(O)cc2)cc(Cl)c1OC(C)C. The van der Waals surface area contributed by atoms with E-state index in [4.69, 9.17) is 21.1 Å². The first-order valence-corrected chi connectivity index (χ1v) is 7.84. The molecule has 0 saturated heterocycles. The summed E-state index contributed by atoms with van der Waals surface area (Å²) in [5.74, 6) is 0.935. The molecule has 0 unspecified atom stereocenters. The number of phenols is 1. The number of carbonyl (C=O) groups excluding carboxylic acids is 1. The Morgan fingerprint density at radius 1 is 1.21 bits per heavy atom. The second-order valence-corrected chi connectivity index (χ2v) is 5.85. The number of halogens is 1. The number of ketones is 1. The van der Waals surface area contributed by atoms with Crippen LogP contribution < -0.4 is 9.47 Å². The number of rotatable bonds is 6. The van der Waals surface area contributed by atoms with Gasteiger partial charge in [0, 0.05) is 5.56 Å². The van der Waals surface area contributed by atoms with Crippen LogP contribution in [-0.2, 0) is 0 Å². The largest absolute Gasteiger partial charge is 0.508 e. The minimum Gasteiger partial charge on any atom is -0.508 e. The molecular weight excluding hydrogens is 328 g/mol. The fourth-order valence-corrected chi connectivity index (χ4v) is 2.34. The third-order valence-corrected chi connectivity index (χ3v) is 3.47. The summed E-state index contributed by atoms with van der Waals surface area (Å²) in [4.78, 5) is 12.1. The Bertz CT molecular complexity index is 749. The molecule has 0 spiro atoms. The highest BCUT2D eigenvalue weighted by Gasteiger charge is 2.13. The third-order valence-electron chi connectivity index (χ3n) is 3.18. The maximum absolute atomic E-state index is 12.1. The van der Waals surface area contributed by atoms with Crippen LogP contribution in [-0.4, -0.2) is 24.1 Å². The number of hydrogen-bond acceptors (Lipinski definition) is 4. The molecule has 4 nitrogen and oxygen atoms in total. The number of benzene rings is 2. The van der Waals surface area contributed by atoms with Gasteiger partial charge in [-0.15, -0.1) is 0 Å². The normalized spacial score (nSPS) is 11.0. The van der Waals surface area contributed by atoms with Crippen molar-refractivity contribution in [3.8, 4) is 17.2 Å². The molecule has 5 heteroatoms. The molecule has 0 heterocycles. The Hall–Kier alpha value is -2.46. The van der Waals surface area contributed by atoms with Gasteiger partial charge in [-0.2, -0.15) is 0 Å². The zero-order valence-corrected chi connectivity index (χ0v) is 14.5. The average molecular weight is 347 g/mol. The number of methoxy groups -OCH3 is 1. The van der Waals surface area contributed by atoms with E-state index in [1.165, 1.54) is 25.3 Å². The Morgan fingerprint density at radius 2 is 1.88 bits per heavy atom. The molecule has 126 valence electrons. The number of aromatic hydroxyl groups is 1. The van der Waals surface area contributed by atoms with Gasteiger partial charge < -0.3 is 14.6 Å². The highest BCUT2D eigenvalue weighted by Crippen LogP contribution is 2.37. The molecule has 2 aromatic rings. The lowest BCUT2D eigenvalue weighted by atomic mass is 10.1. The summed E-state index contributed by atoms with van der Waals surface area (Å²) in [6.45, 7) is 3.81. The van der Waals surface area contributed by atoms with E-state index in [-0.39, 0.29) is 17.6 Å². The second-order valence-electron chi connectivity index (χ2n) is 5.45. The standard InChI is InChI=1S/C19H19ClO4/c1-12(2)24-19-16(20)10-13(11-18(19)23-3)4-9-17(22)14-5-7-15(21)8-6-14/h4-12,21H,1-3H3. The summed E-state index contributed by atoms with van der Waals surface area (Å²) < 4.78 is 11.0. The fourth-order valence-electron chi connectivity index (χ4n) is 2.08. The van der Waals surface area contributed by atoms with E-state index in [9.17, 15) is 9.90 Å². The van der Waals surface area contributed by atoms with Crippen LogP contribution in [0.5, 0.6) is 17.2 Å². The predicted molar refractivity (Wildman–Crippen MR) is 95.2 cm³/mol. The molecule has 0 aliphatic heterocycles. The smallest absolute Gasteiger partial charge is 0.185 e. The highest BCUT2D eigenvalue weighted by molar-refractivity contribution is 6.32. The molecule has 0 bridgehead atoms. The average Bonchev–Trinajstić information content (AvgIpc) is 2.55. The minimum absolute atomic E-state index is 0.0335. The number of phenolic OH excluding ortho intramolecular Hbond substituents is 1. The molecule has 0 saturated carbocycles. The summed E-state index contributed by atoms with van der Waals surface area (Å²) in [6, 6.07) is 9.54. The lowest BCUT2D eigenvalue weighted by Crippen LogP contribution is -2.07. The third kappa shape index (κ3) is 4.52. The van der Waals surface area contributed by atoms with E-state index in [0.29, 0.717) is 22.1 Å². The number of hydrogen-bond donors (Lipinski definition) is 1. The molecule has 1 N–H and O–H groups in total. The van der Waals surface area contributed by atoms with Crippen LogP contribution in [0.2, 0.25) is 5.02 Å². The maximum atomic E-state index is 12.1. The van der Waals surface area contributed by atoms with Gasteiger partial charge in [0.1, 0.15) is 5.75 Å². The van der Waals surface area contributed by atoms with Crippen LogP contribution in [0.25, 0.3) is 6.08 Å². The molecule has 0 aliphatic carbocycles. The van der Waals surface area contributed by atoms with Crippen molar-refractivity contribution < 1.29 is 19.4 Å². The van der Waals surface area contributed by atoms with Crippen molar-refractivity contribution in [3.05, 3.63) is 58.6 Å². The fraction of sp³-hybridized carbons (Fsp3) is 0.211. The minimum atomic E-state index is -0.174. The Kier molecular flexibility index (Phi) is 5.88. The van der Waals surface area contributed by atoms with Crippen LogP contribution in [0.1, 0.15) is 29.8 Å².